The van der Waals surface area contributed by atoms with E-state index in [1.807, 2.05) is 0 Å². The van der Waals surface area contributed by atoms with E-state index in [4.69, 9.17) is 0 Å². The highest BCUT2D eigenvalue weighted by molar-refractivity contribution is 7.17. The van der Waals surface area contributed by atoms with Gasteiger partial charge in [0.05, 0.1) is 16.5 Å². The molecule has 0 aliphatic carbocycles. The summed E-state index contributed by atoms with van der Waals surface area (Å²) in [7, 11) is 0. The maximum absolute atomic E-state index is 12.7. The predicted molar refractivity (Wildman–Crippen MR) is 63.2 cm³/mol. The van der Waals surface area contributed by atoms with Crippen molar-refractivity contribution in [2.45, 2.75) is 25.9 Å². The van der Waals surface area contributed by atoms with E-state index in [1.165, 1.54) is 0 Å². The minimum absolute atomic E-state index is 0.0608. The average molecular weight is 278 g/mol. The fourth-order valence-corrected chi connectivity index (χ4v) is 2.97. The van der Waals surface area contributed by atoms with Gasteiger partial charge in [0.15, 0.2) is 11.4 Å². The van der Waals surface area contributed by atoms with Gasteiger partial charge in [-0.15, -0.1) is 0 Å². The Kier molecular flexibility index (Phi) is 3.61. The third-order valence-corrected chi connectivity index (χ3v) is 4.23. The number of nitrogens with zero attached hydrogens (tertiary/aromatic N) is 2. The molecule has 0 bridgehead atoms. The fourth-order valence-electron chi connectivity index (χ4n) is 2.06. The summed E-state index contributed by atoms with van der Waals surface area (Å²) in [6.07, 6.45) is -2.79. The molecule has 1 aliphatic rings. The normalized spacial score (nSPS) is 21.1. The fraction of sp³-hybridized carbons (Fsp3) is 0.636. The third kappa shape index (κ3) is 2.66. The number of thiazole rings is 1. The molecular weight excluding hydrogens is 265 g/mol. The van der Waals surface area contributed by atoms with Gasteiger partial charge in [0, 0.05) is 13.1 Å². The lowest BCUT2D eigenvalue weighted by Gasteiger charge is -2.33. The maximum Gasteiger partial charge on any atom is 0.393 e. The molecule has 0 N–H and O–H groups in total. The Morgan fingerprint density at radius 2 is 2.22 bits per heavy atom. The Balaban J connectivity index is 2.15. The first-order valence-corrected chi connectivity index (χ1v) is 6.47. The smallest absolute Gasteiger partial charge is 0.347 e. The van der Waals surface area contributed by atoms with Gasteiger partial charge < -0.3 is 4.90 Å². The summed E-state index contributed by atoms with van der Waals surface area (Å²) in [6, 6.07) is 0. The van der Waals surface area contributed by atoms with Crippen LogP contribution in [0.5, 0.6) is 0 Å². The van der Waals surface area contributed by atoms with Gasteiger partial charge in [-0.1, -0.05) is 11.3 Å². The molecule has 1 saturated heterocycles. The number of carbonyl (C=O) groups excluding carboxylic acids is 1. The molecule has 0 aromatic carbocycles. The van der Waals surface area contributed by atoms with Crippen LogP contribution in [0.4, 0.5) is 18.3 Å². The summed E-state index contributed by atoms with van der Waals surface area (Å²) in [5, 5.41) is 0.517. The van der Waals surface area contributed by atoms with Crippen molar-refractivity contribution in [3.63, 3.8) is 0 Å². The van der Waals surface area contributed by atoms with Crippen molar-refractivity contribution in [1.82, 2.24) is 4.98 Å². The first-order chi connectivity index (χ1) is 8.41. The van der Waals surface area contributed by atoms with Crippen LogP contribution in [0.3, 0.4) is 0 Å². The first-order valence-electron chi connectivity index (χ1n) is 5.66. The molecule has 100 valence electrons. The largest absolute Gasteiger partial charge is 0.393 e. The average Bonchev–Trinajstić information content (AvgIpc) is 2.70. The molecule has 1 fully saturated rings. The lowest BCUT2D eigenvalue weighted by molar-refractivity contribution is -0.175. The van der Waals surface area contributed by atoms with Crippen molar-refractivity contribution < 1.29 is 18.0 Å². The minimum Gasteiger partial charge on any atom is -0.347 e. The van der Waals surface area contributed by atoms with Crippen LogP contribution >= 0.6 is 11.3 Å². The Morgan fingerprint density at radius 3 is 2.78 bits per heavy atom. The van der Waals surface area contributed by atoms with Gasteiger partial charge in [-0.3, -0.25) is 4.79 Å². The molecular formula is C11H13F3N2OS. The molecule has 1 unspecified atom stereocenters. The Hall–Kier alpha value is -1.11. The second kappa shape index (κ2) is 4.87. The quantitative estimate of drug-likeness (QED) is 0.780. The van der Waals surface area contributed by atoms with Gasteiger partial charge in [-0.2, -0.15) is 13.2 Å². The lowest BCUT2D eigenvalue weighted by atomic mass is 9.98. The molecule has 3 nitrogen and oxygen atoms in total. The van der Waals surface area contributed by atoms with Gasteiger partial charge in [0.25, 0.3) is 0 Å². The molecule has 1 aromatic rings. The van der Waals surface area contributed by atoms with Crippen molar-refractivity contribution in [3.8, 4) is 0 Å². The van der Waals surface area contributed by atoms with E-state index < -0.39 is 12.1 Å². The maximum atomic E-state index is 12.7. The Morgan fingerprint density at radius 1 is 1.50 bits per heavy atom. The summed E-state index contributed by atoms with van der Waals surface area (Å²) in [4.78, 5) is 17.0. The van der Waals surface area contributed by atoms with Crippen LogP contribution in [-0.2, 0) is 0 Å². The molecule has 0 radical (unpaired) electrons. The second-order valence-corrected chi connectivity index (χ2v) is 5.40. The predicted octanol–water partition coefficient (Wildman–Crippen LogP) is 3.04. The van der Waals surface area contributed by atoms with Crippen molar-refractivity contribution in [2.24, 2.45) is 5.92 Å². The molecule has 2 rings (SSSR count). The summed E-state index contributed by atoms with van der Waals surface area (Å²) < 4.78 is 38.0. The van der Waals surface area contributed by atoms with Crippen LogP contribution in [0.1, 0.15) is 28.2 Å². The first kappa shape index (κ1) is 13.3. The molecule has 1 atom stereocenters. The minimum atomic E-state index is -4.15. The summed E-state index contributed by atoms with van der Waals surface area (Å²) >= 11 is 1.16. The van der Waals surface area contributed by atoms with E-state index in [0.29, 0.717) is 35.0 Å². The third-order valence-electron chi connectivity index (χ3n) is 3.08. The van der Waals surface area contributed by atoms with Gasteiger partial charge in [0.2, 0.25) is 0 Å². The molecule has 1 aliphatic heterocycles. The molecule has 1 aromatic heterocycles. The number of carbonyl (C=O) groups is 1. The number of alkyl halides is 3. The topological polar surface area (TPSA) is 33.2 Å². The Labute approximate surface area is 107 Å². The van der Waals surface area contributed by atoms with Crippen LogP contribution in [0, 0.1) is 12.8 Å². The molecule has 2 heterocycles. The lowest BCUT2D eigenvalue weighted by Crippen LogP contribution is -2.41. The number of aryl methyl sites for hydroxylation is 1. The SMILES string of the molecule is Cc1nc(N2CCCC(C(F)(F)F)C2)sc1C=O. The van der Waals surface area contributed by atoms with E-state index in [-0.39, 0.29) is 13.0 Å². The Bertz CT molecular complexity index is 444. The summed E-state index contributed by atoms with van der Waals surface area (Å²) in [5.41, 5.74) is 0.583. The number of halogens is 3. The summed E-state index contributed by atoms with van der Waals surface area (Å²) in [5.74, 6) is -1.30. The van der Waals surface area contributed by atoms with E-state index >= 15 is 0 Å². The number of hydrogen-bond acceptors (Lipinski definition) is 4. The van der Waals surface area contributed by atoms with Crippen molar-refractivity contribution in [3.05, 3.63) is 10.6 Å². The van der Waals surface area contributed by atoms with Crippen LogP contribution < -0.4 is 4.90 Å². The monoisotopic (exact) mass is 278 g/mol. The zero-order valence-electron chi connectivity index (χ0n) is 9.83. The highest BCUT2D eigenvalue weighted by Crippen LogP contribution is 2.36. The standard InChI is InChI=1S/C11H13F3N2OS/c1-7-9(6-17)18-10(15-7)16-4-2-3-8(5-16)11(12,13)14/h6,8H,2-5H2,1H3. The van der Waals surface area contributed by atoms with E-state index in [1.54, 1.807) is 11.8 Å². The number of piperidine rings is 1. The number of hydrogen-bond donors (Lipinski definition) is 0. The van der Waals surface area contributed by atoms with E-state index in [2.05, 4.69) is 4.98 Å². The number of aldehydes is 1. The number of rotatable bonds is 2. The molecule has 0 spiro atoms. The molecule has 7 heteroatoms. The van der Waals surface area contributed by atoms with Gasteiger partial charge in [0.1, 0.15) is 0 Å². The van der Waals surface area contributed by atoms with Gasteiger partial charge in [-0.05, 0) is 19.8 Å². The zero-order chi connectivity index (χ0) is 13.3. The van der Waals surface area contributed by atoms with Crippen LogP contribution in [-0.4, -0.2) is 30.5 Å². The van der Waals surface area contributed by atoms with Crippen LogP contribution in [0.15, 0.2) is 0 Å². The van der Waals surface area contributed by atoms with Crippen LogP contribution in [0.25, 0.3) is 0 Å². The highest BCUT2D eigenvalue weighted by Gasteiger charge is 2.42. The van der Waals surface area contributed by atoms with Gasteiger partial charge >= 0.3 is 6.18 Å². The van der Waals surface area contributed by atoms with Crippen molar-refractivity contribution in [2.75, 3.05) is 18.0 Å². The van der Waals surface area contributed by atoms with Gasteiger partial charge in [-0.25, -0.2) is 4.98 Å². The van der Waals surface area contributed by atoms with E-state index in [0.717, 1.165) is 11.3 Å². The second-order valence-electron chi connectivity index (χ2n) is 4.39. The van der Waals surface area contributed by atoms with Crippen molar-refractivity contribution >= 4 is 22.8 Å². The number of anilines is 1. The van der Waals surface area contributed by atoms with Crippen LogP contribution in [0.2, 0.25) is 0 Å². The van der Waals surface area contributed by atoms with Crippen molar-refractivity contribution in [1.29, 1.82) is 0 Å². The zero-order valence-corrected chi connectivity index (χ0v) is 10.6. The number of aromatic nitrogens is 1. The molecule has 0 saturated carbocycles. The highest BCUT2D eigenvalue weighted by atomic mass is 32.1. The molecule has 0 amide bonds. The molecule has 18 heavy (non-hydrogen) atoms. The van der Waals surface area contributed by atoms with E-state index in [9.17, 15) is 18.0 Å². The summed E-state index contributed by atoms with van der Waals surface area (Å²) in [6.45, 7) is 2.20.